The lowest BCUT2D eigenvalue weighted by Crippen LogP contribution is -2.02. The van der Waals surface area contributed by atoms with E-state index in [0.717, 1.165) is 53.1 Å². The van der Waals surface area contributed by atoms with Gasteiger partial charge in [-0.3, -0.25) is 0 Å². The maximum Gasteiger partial charge on any atom is 0.165 e. The summed E-state index contributed by atoms with van der Waals surface area (Å²) in [4.78, 5) is 15.4. The molecule has 0 aliphatic rings. The minimum atomic E-state index is -0.370. The highest BCUT2D eigenvalue weighted by Crippen LogP contribution is 2.43. The first-order valence-electron chi connectivity index (χ1n) is 21.5. The van der Waals surface area contributed by atoms with E-state index in [2.05, 4.69) is 34.9 Å². The Bertz CT molecular complexity index is 3840. The van der Waals surface area contributed by atoms with Gasteiger partial charge in [0.25, 0.3) is 0 Å². The molecule has 0 bridgehead atoms. The Balaban J connectivity index is 1.19. The maximum atomic E-state index is 9.57. The molecule has 0 aliphatic carbocycles. The van der Waals surface area contributed by atoms with E-state index in [4.69, 9.17) is 24.9 Å². The third kappa shape index (κ3) is 4.98. The molecule has 0 radical (unpaired) electrons. The summed E-state index contributed by atoms with van der Waals surface area (Å²) in [6.45, 7) is 0. The van der Waals surface area contributed by atoms with E-state index in [1.807, 2.05) is 109 Å². The third-order valence-electron chi connectivity index (χ3n) is 10.6. The fourth-order valence-corrected chi connectivity index (χ4v) is 9.29. The van der Waals surface area contributed by atoms with Crippen LogP contribution < -0.4 is 0 Å². The number of para-hydroxylation sites is 4. The van der Waals surface area contributed by atoms with Crippen molar-refractivity contribution in [2.45, 2.75) is 0 Å². The summed E-state index contributed by atoms with van der Waals surface area (Å²) in [6.07, 6.45) is 0. The molecule has 0 spiro atoms. The van der Waals surface area contributed by atoms with Crippen molar-refractivity contribution in [3.05, 3.63) is 182 Å². The van der Waals surface area contributed by atoms with Crippen molar-refractivity contribution in [2.75, 3.05) is 0 Å². The van der Waals surface area contributed by atoms with Crippen molar-refractivity contribution >= 4 is 75.3 Å². The van der Waals surface area contributed by atoms with Gasteiger partial charge in [-0.2, -0.15) is 0 Å². The lowest BCUT2D eigenvalue weighted by molar-refractivity contribution is 0.670. The van der Waals surface area contributed by atoms with Crippen molar-refractivity contribution in [1.82, 2.24) is 19.5 Å². The lowest BCUT2D eigenvalue weighted by atomic mass is 9.98. The summed E-state index contributed by atoms with van der Waals surface area (Å²) in [7, 11) is 0. The van der Waals surface area contributed by atoms with Gasteiger partial charge in [-0.15, -0.1) is 11.3 Å². The van der Waals surface area contributed by atoms with Gasteiger partial charge in [-0.05, 0) is 48.5 Å². The van der Waals surface area contributed by atoms with Crippen molar-refractivity contribution in [2.24, 2.45) is 0 Å². The topological polar surface area (TPSA) is 56.7 Å². The predicted octanol–water partition coefficient (Wildman–Crippen LogP) is 13.9. The summed E-state index contributed by atoms with van der Waals surface area (Å²) in [6, 6.07) is 46.1. The molecule has 0 unspecified atom stereocenters. The second kappa shape index (κ2) is 12.6. The summed E-state index contributed by atoms with van der Waals surface area (Å²) in [5.41, 5.74) is 5.55. The average Bonchev–Trinajstić information content (AvgIpc) is 4.01. The smallest absolute Gasteiger partial charge is 0.165 e. The first kappa shape index (κ1) is 26.4. The van der Waals surface area contributed by atoms with Crippen LogP contribution in [-0.2, 0) is 0 Å². The van der Waals surface area contributed by atoms with E-state index in [0.29, 0.717) is 34.3 Å². The Morgan fingerprint density at radius 3 is 1.98 bits per heavy atom. The molecule has 12 aromatic rings. The molecule has 6 heteroatoms. The Morgan fingerprint density at radius 2 is 1.16 bits per heavy atom. The largest absolute Gasteiger partial charge is 0.455 e. The van der Waals surface area contributed by atoms with Crippen LogP contribution in [0.1, 0.15) is 8.22 Å². The maximum absolute atomic E-state index is 9.57. The number of nitrogens with zero attached hydrogens (tertiary/aromatic N) is 4. The fraction of sp³-hybridized carbons (Fsp3) is 0. The zero-order chi connectivity index (χ0) is 42.7. The molecule has 0 saturated heterocycles. The second-order valence-corrected chi connectivity index (χ2v) is 14.9. The van der Waals surface area contributed by atoms with Crippen molar-refractivity contribution < 1.29 is 12.6 Å². The van der Waals surface area contributed by atoms with Gasteiger partial charge >= 0.3 is 0 Å². The van der Waals surface area contributed by atoms with Crippen molar-refractivity contribution in [1.29, 1.82) is 0 Å². The van der Waals surface area contributed by atoms with E-state index < -0.39 is 0 Å². The molecular formula is C51H30N4OS. The summed E-state index contributed by atoms with van der Waals surface area (Å²) in [5.74, 6) is 1.35. The van der Waals surface area contributed by atoms with Crippen LogP contribution in [0.2, 0.25) is 0 Å². The van der Waals surface area contributed by atoms with E-state index in [1.54, 1.807) is 11.3 Å². The molecule has 12 rings (SSSR count). The molecule has 57 heavy (non-hydrogen) atoms. The third-order valence-corrected chi connectivity index (χ3v) is 11.9. The predicted molar refractivity (Wildman–Crippen MR) is 236 cm³/mol. The molecule has 5 nitrogen and oxygen atoms in total. The van der Waals surface area contributed by atoms with Gasteiger partial charge in [0.2, 0.25) is 0 Å². The number of hydrogen-bond donors (Lipinski definition) is 0. The molecule has 8 aromatic carbocycles. The Hall–Kier alpha value is -7.41. The van der Waals surface area contributed by atoms with Crippen molar-refractivity contribution in [3.63, 3.8) is 0 Å². The van der Waals surface area contributed by atoms with Gasteiger partial charge in [-0.1, -0.05) is 133 Å². The summed E-state index contributed by atoms with van der Waals surface area (Å²) < 4.78 is 64.8. The molecular weight excluding hydrogens is 717 g/mol. The normalized spacial score (nSPS) is 13.3. The van der Waals surface area contributed by atoms with Gasteiger partial charge < -0.3 is 8.98 Å². The van der Waals surface area contributed by atoms with E-state index in [9.17, 15) is 2.74 Å². The summed E-state index contributed by atoms with van der Waals surface area (Å²) >= 11 is 1.69. The lowest BCUT2D eigenvalue weighted by Gasteiger charge is -2.16. The Labute approximate surface area is 339 Å². The summed E-state index contributed by atoms with van der Waals surface area (Å²) in [5, 5.41) is 4.53. The molecule has 0 amide bonds. The molecule has 4 aromatic heterocycles. The molecule has 4 heterocycles. The number of hydrogen-bond acceptors (Lipinski definition) is 5. The highest BCUT2D eigenvalue weighted by Gasteiger charge is 2.22. The van der Waals surface area contributed by atoms with Crippen LogP contribution in [0.4, 0.5) is 0 Å². The number of furan rings is 1. The zero-order valence-electron chi connectivity index (χ0n) is 36.0. The monoisotopic (exact) mass is 752 g/mol. The van der Waals surface area contributed by atoms with Gasteiger partial charge in [0.05, 0.1) is 24.9 Å². The van der Waals surface area contributed by atoms with Crippen LogP contribution in [0.3, 0.4) is 0 Å². The molecule has 0 fully saturated rings. The van der Waals surface area contributed by atoms with E-state index in [1.165, 1.54) is 6.07 Å². The number of benzene rings is 8. The first-order chi connectivity index (χ1) is 30.7. The molecule has 0 atom stereocenters. The van der Waals surface area contributed by atoms with Crippen LogP contribution in [0, 0.1) is 0 Å². The zero-order valence-corrected chi connectivity index (χ0v) is 30.8. The Morgan fingerprint density at radius 1 is 0.474 bits per heavy atom. The van der Waals surface area contributed by atoms with E-state index in [-0.39, 0.29) is 63.8 Å². The standard InChI is InChI=1S/C51H30N4OS/c1-2-14-31(15-3-1)49-52-50(54-51(53-49)40-23-13-22-39-36-19-7-11-27-46(36)57-48(39)40)32-28-29-44(55-42-24-8-4-16-33(42)34-17-5-9-25-43(34)55)41(30-32)38-21-12-20-37-35-18-6-10-26-45(35)56-47(37)38/h1-30H/i6D,12D,18D,20D,21D,26D. The molecule has 0 saturated carbocycles. The van der Waals surface area contributed by atoms with Crippen molar-refractivity contribution in [3.8, 4) is 51.0 Å². The Kier molecular flexibility index (Phi) is 5.82. The van der Waals surface area contributed by atoms with Crippen LogP contribution in [0.15, 0.2) is 186 Å². The molecule has 266 valence electrons. The number of thiophene rings is 1. The number of fused-ring (bicyclic) bond motifs is 9. The van der Waals surface area contributed by atoms with E-state index >= 15 is 0 Å². The van der Waals surface area contributed by atoms with Gasteiger partial charge in [0.1, 0.15) is 11.2 Å². The number of aromatic nitrogens is 4. The van der Waals surface area contributed by atoms with Gasteiger partial charge in [0, 0.05) is 69.5 Å². The van der Waals surface area contributed by atoms with Gasteiger partial charge in [-0.25, -0.2) is 15.0 Å². The first-order valence-corrected chi connectivity index (χ1v) is 19.3. The SMILES string of the molecule is [2H]c1cc([2H])c2oc3c(-c4cc(-c5nc(-c6ccccc6)nc(-c6cccc7c6sc6ccccc67)n5)ccc4-n4c5ccccc5c5ccccc54)c([2H])c([2H])c([2H])c3c2c1[2H]. The van der Waals surface area contributed by atoms with Crippen LogP contribution in [-0.4, -0.2) is 19.5 Å². The highest BCUT2D eigenvalue weighted by atomic mass is 32.1. The number of rotatable bonds is 5. The van der Waals surface area contributed by atoms with Gasteiger partial charge in [0.15, 0.2) is 17.5 Å². The molecule has 0 aliphatic heterocycles. The minimum absolute atomic E-state index is 0.0188. The minimum Gasteiger partial charge on any atom is -0.455 e. The highest BCUT2D eigenvalue weighted by molar-refractivity contribution is 7.26. The van der Waals surface area contributed by atoms with Crippen LogP contribution in [0.5, 0.6) is 0 Å². The quantitative estimate of drug-likeness (QED) is 0.176. The second-order valence-electron chi connectivity index (χ2n) is 13.9. The van der Waals surface area contributed by atoms with Crippen LogP contribution >= 0.6 is 11.3 Å². The molecule has 0 N–H and O–H groups in total. The average molecular weight is 753 g/mol. The fourth-order valence-electron chi connectivity index (χ4n) is 8.08. The van der Waals surface area contributed by atoms with Crippen LogP contribution in [0.25, 0.3) is 115 Å².